The van der Waals surface area contributed by atoms with Crippen molar-refractivity contribution >= 4 is 5.91 Å². The first kappa shape index (κ1) is 17.5. The summed E-state index contributed by atoms with van der Waals surface area (Å²) >= 11 is 0. The third-order valence-electron chi connectivity index (χ3n) is 4.70. The summed E-state index contributed by atoms with van der Waals surface area (Å²) in [6.45, 7) is 1.38. The zero-order valence-corrected chi connectivity index (χ0v) is 14.0. The molecule has 1 saturated carbocycles. The van der Waals surface area contributed by atoms with Gasteiger partial charge in [-0.2, -0.15) is 0 Å². The Morgan fingerprint density at radius 3 is 2.36 bits per heavy atom. The first-order valence-corrected chi connectivity index (χ1v) is 8.58. The highest BCUT2D eigenvalue weighted by Gasteiger charge is 2.47. The minimum absolute atomic E-state index is 0.0385. The molecule has 25 heavy (non-hydrogen) atoms. The van der Waals surface area contributed by atoms with Crippen LogP contribution in [0, 0.1) is 17.6 Å². The van der Waals surface area contributed by atoms with Crippen LogP contribution in [0.5, 0.6) is 0 Å². The van der Waals surface area contributed by atoms with E-state index in [-0.39, 0.29) is 23.3 Å². The van der Waals surface area contributed by atoms with Gasteiger partial charge in [0.2, 0.25) is 5.91 Å². The number of nitrogens with zero attached hydrogens (tertiary/aromatic N) is 1. The normalized spacial score (nSPS) is 18.8. The maximum Gasteiger partial charge on any atom is 0.226 e. The van der Waals surface area contributed by atoms with Gasteiger partial charge in [0.25, 0.3) is 0 Å². The maximum absolute atomic E-state index is 13.9. The molecule has 132 valence electrons. The molecule has 3 nitrogen and oxygen atoms in total. The Hall–Kier alpha value is -2.27. The second kappa shape index (κ2) is 7.74. The van der Waals surface area contributed by atoms with E-state index in [1.165, 1.54) is 18.2 Å². The summed E-state index contributed by atoms with van der Waals surface area (Å²) in [4.78, 5) is 14.5. The van der Waals surface area contributed by atoms with E-state index in [0.717, 1.165) is 12.0 Å². The molecule has 0 aliphatic heterocycles. The summed E-state index contributed by atoms with van der Waals surface area (Å²) in [6, 6.07) is 13.7. The maximum atomic E-state index is 13.9. The molecule has 1 amide bonds. The molecule has 0 saturated heterocycles. The zero-order valence-electron chi connectivity index (χ0n) is 14.0. The van der Waals surface area contributed by atoms with Crippen LogP contribution in [-0.4, -0.2) is 30.4 Å². The van der Waals surface area contributed by atoms with Gasteiger partial charge in [-0.05, 0) is 30.5 Å². The van der Waals surface area contributed by atoms with Gasteiger partial charge in [-0.25, -0.2) is 8.78 Å². The molecule has 0 spiro atoms. The molecule has 0 aromatic heterocycles. The van der Waals surface area contributed by atoms with Crippen molar-refractivity contribution in [2.45, 2.75) is 18.8 Å². The minimum Gasteiger partial charge on any atom is -0.341 e. The number of carbonyl (C=O) groups is 1. The van der Waals surface area contributed by atoms with E-state index in [0.29, 0.717) is 26.1 Å². The molecule has 2 aromatic rings. The Kier molecular flexibility index (Phi) is 5.43. The van der Waals surface area contributed by atoms with Crippen LogP contribution in [0.15, 0.2) is 48.5 Å². The average molecular weight is 344 g/mol. The standard InChI is InChI=1S/C20H22F2N2O/c21-17-7-4-8-18(22)19(17)15-13-16(15)20(25)24(12-10-23)11-9-14-5-2-1-3-6-14/h1-8,15-16H,9-13,23H2. The van der Waals surface area contributed by atoms with Crippen LogP contribution >= 0.6 is 0 Å². The largest absolute Gasteiger partial charge is 0.341 e. The van der Waals surface area contributed by atoms with E-state index < -0.39 is 11.6 Å². The third kappa shape index (κ3) is 4.04. The van der Waals surface area contributed by atoms with E-state index in [2.05, 4.69) is 0 Å². The zero-order chi connectivity index (χ0) is 17.8. The summed E-state index contributed by atoms with van der Waals surface area (Å²) in [5, 5.41) is 0. The van der Waals surface area contributed by atoms with Gasteiger partial charge >= 0.3 is 0 Å². The summed E-state index contributed by atoms with van der Waals surface area (Å²) in [7, 11) is 0. The van der Waals surface area contributed by atoms with Crippen LogP contribution in [0.2, 0.25) is 0 Å². The van der Waals surface area contributed by atoms with Crippen LogP contribution in [0.1, 0.15) is 23.5 Å². The molecule has 3 rings (SSSR count). The van der Waals surface area contributed by atoms with Crippen LogP contribution in [0.25, 0.3) is 0 Å². The molecule has 2 N–H and O–H groups in total. The first-order chi connectivity index (χ1) is 12.1. The molecule has 1 aliphatic rings. The Bertz CT molecular complexity index is 715. The van der Waals surface area contributed by atoms with Crippen molar-refractivity contribution in [3.05, 3.63) is 71.3 Å². The van der Waals surface area contributed by atoms with Crippen LogP contribution in [-0.2, 0) is 11.2 Å². The lowest BCUT2D eigenvalue weighted by atomic mass is 10.1. The SMILES string of the molecule is NCCN(CCc1ccccc1)C(=O)C1CC1c1c(F)cccc1F. The minimum atomic E-state index is -0.574. The van der Waals surface area contributed by atoms with Gasteiger partial charge in [-0.3, -0.25) is 4.79 Å². The van der Waals surface area contributed by atoms with E-state index in [4.69, 9.17) is 5.73 Å². The second-order valence-electron chi connectivity index (χ2n) is 6.43. The van der Waals surface area contributed by atoms with E-state index in [1.807, 2.05) is 30.3 Å². The molecule has 2 aromatic carbocycles. The second-order valence-corrected chi connectivity index (χ2v) is 6.43. The Morgan fingerprint density at radius 2 is 1.72 bits per heavy atom. The van der Waals surface area contributed by atoms with Crippen molar-refractivity contribution < 1.29 is 13.6 Å². The van der Waals surface area contributed by atoms with Crippen molar-refractivity contribution in [1.29, 1.82) is 0 Å². The van der Waals surface area contributed by atoms with E-state index in [9.17, 15) is 13.6 Å². The number of halogens is 2. The highest BCUT2D eigenvalue weighted by molar-refractivity contribution is 5.83. The number of hydrogen-bond donors (Lipinski definition) is 1. The number of nitrogens with two attached hydrogens (primary N) is 1. The molecule has 0 radical (unpaired) electrons. The lowest BCUT2D eigenvalue weighted by Crippen LogP contribution is -2.38. The molecule has 2 atom stereocenters. The quantitative estimate of drug-likeness (QED) is 0.839. The predicted octanol–water partition coefficient (Wildman–Crippen LogP) is 3.10. The monoisotopic (exact) mass is 344 g/mol. The Balaban J connectivity index is 1.65. The number of hydrogen-bond acceptors (Lipinski definition) is 2. The lowest BCUT2D eigenvalue weighted by Gasteiger charge is -2.22. The van der Waals surface area contributed by atoms with Gasteiger partial charge in [0.05, 0.1) is 0 Å². The van der Waals surface area contributed by atoms with E-state index >= 15 is 0 Å². The van der Waals surface area contributed by atoms with Gasteiger partial charge in [-0.15, -0.1) is 0 Å². The summed E-state index contributed by atoms with van der Waals surface area (Å²) < 4.78 is 27.8. The number of carbonyl (C=O) groups excluding carboxylic acids is 1. The van der Waals surface area contributed by atoms with Gasteiger partial charge in [0.15, 0.2) is 0 Å². The molecular weight excluding hydrogens is 322 g/mol. The Morgan fingerprint density at radius 1 is 1.04 bits per heavy atom. The third-order valence-corrected chi connectivity index (χ3v) is 4.70. The molecule has 1 fully saturated rings. The fraction of sp³-hybridized carbons (Fsp3) is 0.350. The van der Waals surface area contributed by atoms with Crippen molar-refractivity contribution in [1.82, 2.24) is 4.90 Å². The lowest BCUT2D eigenvalue weighted by molar-refractivity contribution is -0.132. The fourth-order valence-electron chi connectivity index (χ4n) is 3.28. The highest BCUT2D eigenvalue weighted by atomic mass is 19.1. The summed E-state index contributed by atoms with van der Waals surface area (Å²) in [5.41, 5.74) is 6.82. The van der Waals surface area contributed by atoms with Crippen molar-refractivity contribution in [2.75, 3.05) is 19.6 Å². The smallest absolute Gasteiger partial charge is 0.226 e. The summed E-state index contributed by atoms with van der Waals surface area (Å²) in [6.07, 6.45) is 1.22. The molecular formula is C20H22F2N2O. The van der Waals surface area contributed by atoms with Gasteiger partial charge < -0.3 is 10.6 Å². The van der Waals surface area contributed by atoms with Crippen molar-refractivity contribution in [2.24, 2.45) is 11.7 Å². The van der Waals surface area contributed by atoms with Gasteiger partial charge in [-0.1, -0.05) is 36.4 Å². The predicted molar refractivity (Wildman–Crippen MR) is 93.0 cm³/mol. The fourth-order valence-corrected chi connectivity index (χ4v) is 3.28. The average Bonchev–Trinajstić information content (AvgIpc) is 3.39. The van der Waals surface area contributed by atoms with Crippen molar-refractivity contribution in [3.8, 4) is 0 Å². The van der Waals surface area contributed by atoms with Crippen LogP contribution in [0.4, 0.5) is 8.78 Å². The molecule has 0 bridgehead atoms. The van der Waals surface area contributed by atoms with E-state index in [1.54, 1.807) is 4.90 Å². The number of amides is 1. The highest BCUT2D eigenvalue weighted by Crippen LogP contribution is 2.50. The topological polar surface area (TPSA) is 46.3 Å². The number of benzene rings is 2. The van der Waals surface area contributed by atoms with Crippen LogP contribution in [0.3, 0.4) is 0 Å². The van der Waals surface area contributed by atoms with Gasteiger partial charge in [0, 0.05) is 37.0 Å². The van der Waals surface area contributed by atoms with Crippen LogP contribution < -0.4 is 5.73 Å². The Labute approximate surface area is 146 Å². The first-order valence-electron chi connectivity index (χ1n) is 8.58. The molecule has 0 heterocycles. The molecule has 2 unspecified atom stereocenters. The molecule has 1 aliphatic carbocycles. The number of rotatable bonds is 7. The van der Waals surface area contributed by atoms with Gasteiger partial charge in [0.1, 0.15) is 11.6 Å². The summed E-state index contributed by atoms with van der Waals surface area (Å²) in [5.74, 6) is -1.93. The molecule has 5 heteroatoms. The van der Waals surface area contributed by atoms with Crippen molar-refractivity contribution in [3.63, 3.8) is 0 Å².